The number of ether oxygens (including phenoxy) is 1. The van der Waals surface area contributed by atoms with E-state index in [9.17, 15) is 14.7 Å². The lowest BCUT2D eigenvalue weighted by molar-refractivity contribution is -0.145. The molecule has 0 saturated carbocycles. The van der Waals surface area contributed by atoms with E-state index in [2.05, 4.69) is 4.98 Å². The van der Waals surface area contributed by atoms with Gasteiger partial charge in [-0.3, -0.25) is 9.59 Å². The standard InChI is InChI=1S/C20H23Cl2N3O4/c1-12(2)3-17(19(26)27)25-11-29-20(28)18(25)7-16-8-23-10-24(16)9-13-4-14(21)6-15(22)5-13/h4-6,8,10,12,17-18H,3,7,9,11H2,1-2H3,(H,26,27)/t17-,18?/m0/s1. The van der Waals surface area contributed by atoms with Crippen molar-refractivity contribution in [2.75, 3.05) is 6.73 Å². The zero-order valence-electron chi connectivity index (χ0n) is 16.2. The maximum absolute atomic E-state index is 12.4. The summed E-state index contributed by atoms with van der Waals surface area (Å²) in [4.78, 5) is 30.0. The number of carbonyl (C=O) groups is 2. The van der Waals surface area contributed by atoms with Crippen molar-refractivity contribution in [2.45, 2.75) is 45.3 Å². The average molecular weight is 440 g/mol. The zero-order valence-corrected chi connectivity index (χ0v) is 17.7. The van der Waals surface area contributed by atoms with Crippen LogP contribution in [0.15, 0.2) is 30.7 Å². The van der Waals surface area contributed by atoms with Gasteiger partial charge in [0.1, 0.15) is 18.8 Å². The molecule has 7 nitrogen and oxygen atoms in total. The first-order chi connectivity index (χ1) is 13.7. The number of hydrogen-bond donors (Lipinski definition) is 1. The highest BCUT2D eigenvalue weighted by atomic mass is 35.5. The quantitative estimate of drug-likeness (QED) is 0.633. The number of aliphatic carboxylic acids is 1. The minimum Gasteiger partial charge on any atom is -0.480 e. The van der Waals surface area contributed by atoms with Gasteiger partial charge in [0.05, 0.1) is 6.33 Å². The first kappa shape index (κ1) is 21.6. The Kier molecular flexibility index (Phi) is 6.82. The van der Waals surface area contributed by atoms with Crippen molar-refractivity contribution in [3.63, 3.8) is 0 Å². The Bertz CT molecular complexity index is 879. The molecule has 156 valence electrons. The van der Waals surface area contributed by atoms with Crippen LogP contribution in [0, 0.1) is 5.92 Å². The molecule has 1 aliphatic heterocycles. The Labute approximate surface area is 179 Å². The molecule has 1 saturated heterocycles. The number of carbonyl (C=O) groups excluding carboxylic acids is 1. The van der Waals surface area contributed by atoms with Crippen molar-refractivity contribution in [2.24, 2.45) is 5.92 Å². The minimum atomic E-state index is -0.955. The molecule has 1 unspecified atom stereocenters. The molecule has 1 aromatic carbocycles. The fourth-order valence-electron chi connectivity index (χ4n) is 3.55. The van der Waals surface area contributed by atoms with Gasteiger partial charge in [-0.25, -0.2) is 9.88 Å². The van der Waals surface area contributed by atoms with E-state index in [4.69, 9.17) is 27.9 Å². The Morgan fingerprint density at radius 3 is 2.62 bits per heavy atom. The van der Waals surface area contributed by atoms with Gasteiger partial charge < -0.3 is 14.4 Å². The van der Waals surface area contributed by atoms with Gasteiger partial charge in [0, 0.05) is 34.9 Å². The van der Waals surface area contributed by atoms with Crippen LogP contribution in [-0.2, 0) is 27.3 Å². The van der Waals surface area contributed by atoms with E-state index < -0.39 is 24.0 Å². The van der Waals surface area contributed by atoms with Gasteiger partial charge in [0.2, 0.25) is 0 Å². The molecular formula is C20H23Cl2N3O4. The number of carboxylic acids is 1. The summed E-state index contributed by atoms with van der Waals surface area (Å²) < 4.78 is 7.08. The number of imidazole rings is 1. The highest BCUT2D eigenvalue weighted by molar-refractivity contribution is 6.34. The molecule has 3 rings (SSSR count). The summed E-state index contributed by atoms with van der Waals surface area (Å²) in [7, 11) is 0. The van der Waals surface area contributed by atoms with Gasteiger partial charge in [-0.1, -0.05) is 37.0 Å². The summed E-state index contributed by atoms with van der Waals surface area (Å²) in [5, 5.41) is 10.7. The van der Waals surface area contributed by atoms with E-state index in [-0.39, 0.29) is 12.6 Å². The number of nitrogens with zero attached hydrogens (tertiary/aromatic N) is 3. The summed E-state index contributed by atoms with van der Waals surface area (Å²) in [5.41, 5.74) is 1.69. The second-order valence-electron chi connectivity index (χ2n) is 7.60. The van der Waals surface area contributed by atoms with Crippen LogP contribution in [0.2, 0.25) is 10.0 Å². The maximum atomic E-state index is 12.4. The van der Waals surface area contributed by atoms with Crippen molar-refractivity contribution in [1.29, 1.82) is 0 Å². The van der Waals surface area contributed by atoms with Gasteiger partial charge in [0.15, 0.2) is 0 Å². The molecule has 0 amide bonds. The monoisotopic (exact) mass is 439 g/mol. The van der Waals surface area contributed by atoms with Gasteiger partial charge in [-0.2, -0.15) is 0 Å². The molecule has 9 heteroatoms. The normalized spacial score (nSPS) is 18.2. The molecule has 1 fully saturated rings. The number of cyclic esters (lactones) is 1. The molecule has 0 aliphatic carbocycles. The van der Waals surface area contributed by atoms with Crippen molar-refractivity contribution < 1.29 is 19.4 Å². The summed E-state index contributed by atoms with van der Waals surface area (Å²) >= 11 is 12.2. The summed E-state index contributed by atoms with van der Waals surface area (Å²) in [5.74, 6) is -1.20. The van der Waals surface area contributed by atoms with Gasteiger partial charge >= 0.3 is 11.9 Å². The van der Waals surface area contributed by atoms with E-state index in [0.29, 0.717) is 29.4 Å². The van der Waals surface area contributed by atoms with Crippen LogP contribution in [-0.4, -0.2) is 50.3 Å². The highest BCUT2D eigenvalue weighted by Crippen LogP contribution is 2.24. The average Bonchev–Trinajstić information content (AvgIpc) is 3.19. The number of hydrogen-bond acceptors (Lipinski definition) is 5. The molecule has 1 N–H and O–H groups in total. The number of aromatic nitrogens is 2. The van der Waals surface area contributed by atoms with Crippen molar-refractivity contribution in [3.05, 3.63) is 52.0 Å². The van der Waals surface area contributed by atoms with Crippen molar-refractivity contribution >= 4 is 35.1 Å². The second-order valence-corrected chi connectivity index (χ2v) is 8.47. The third kappa shape index (κ3) is 5.29. The second kappa shape index (κ2) is 9.15. The molecule has 0 radical (unpaired) electrons. The van der Waals surface area contributed by atoms with E-state index in [1.807, 2.05) is 30.5 Å². The van der Waals surface area contributed by atoms with Crippen LogP contribution in [0.3, 0.4) is 0 Å². The first-order valence-corrected chi connectivity index (χ1v) is 10.1. The number of halogens is 2. The molecule has 29 heavy (non-hydrogen) atoms. The Balaban J connectivity index is 1.80. The van der Waals surface area contributed by atoms with E-state index >= 15 is 0 Å². The maximum Gasteiger partial charge on any atom is 0.325 e. The number of rotatable bonds is 8. The van der Waals surface area contributed by atoms with Gasteiger partial charge in [-0.05, 0) is 36.1 Å². The third-order valence-corrected chi connectivity index (χ3v) is 5.32. The molecule has 2 heterocycles. The lowest BCUT2D eigenvalue weighted by atomic mass is 10.0. The van der Waals surface area contributed by atoms with Crippen LogP contribution in [0.1, 0.15) is 31.5 Å². The summed E-state index contributed by atoms with van der Waals surface area (Å²) in [6.07, 6.45) is 4.07. The van der Waals surface area contributed by atoms with E-state index in [0.717, 1.165) is 11.3 Å². The molecule has 2 aromatic rings. The fraction of sp³-hybridized carbons (Fsp3) is 0.450. The smallest absolute Gasteiger partial charge is 0.325 e. The first-order valence-electron chi connectivity index (χ1n) is 9.33. The Morgan fingerprint density at radius 2 is 2.00 bits per heavy atom. The van der Waals surface area contributed by atoms with Crippen LogP contribution in [0.5, 0.6) is 0 Å². The Morgan fingerprint density at radius 1 is 1.31 bits per heavy atom. The molecular weight excluding hydrogens is 417 g/mol. The van der Waals surface area contributed by atoms with Crippen LogP contribution in [0.4, 0.5) is 0 Å². The van der Waals surface area contributed by atoms with Crippen molar-refractivity contribution in [3.8, 4) is 0 Å². The predicted octanol–water partition coefficient (Wildman–Crippen LogP) is 3.46. The van der Waals surface area contributed by atoms with Crippen LogP contribution >= 0.6 is 23.2 Å². The SMILES string of the molecule is CC(C)C[C@@H](C(=O)O)N1COC(=O)C1Cc1cncn1Cc1cc(Cl)cc(Cl)c1. The fourth-order valence-corrected chi connectivity index (χ4v) is 4.12. The van der Waals surface area contributed by atoms with Crippen molar-refractivity contribution in [1.82, 2.24) is 14.5 Å². The third-order valence-electron chi connectivity index (χ3n) is 4.88. The summed E-state index contributed by atoms with van der Waals surface area (Å²) in [6.45, 7) is 4.36. The molecule has 0 bridgehead atoms. The van der Waals surface area contributed by atoms with Gasteiger partial charge in [-0.15, -0.1) is 0 Å². The zero-order chi connectivity index (χ0) is 21.1. The van der Waals surface area contributed by atoms with Gasteiger partial charge in [0.25, 0.3) is 0 Å². The Hall–Kier alpha value is -2.09. The molecule has 1 aliphatic rings. The molecule has 0 spiro atoms. The molecule has 1 aromatic heterocycles. The topological polar surface area (TPSA) is 84.7 Å². The predicted molar refractivity (Wildman–Crippen MR) is 109 cm³/mol. The summed E-state index contributed by atoms with van der Waals surface area (Å²) in [6, 6.07) is 3.84. The lowest BCUT2D eigenvalue weighted by Gasteiger charge is -2.27. The number of esters is 1. The minimum absolute atomic E-state index is 0.0226. The van der Waals surface area contributed by atoms with Crippen LogP contribution in [0.25, 0.3) is 0 Å². The van der Waals surface area contributed by atoms with E-state index in [1.54, 1.807) is 23.5 Å². The van der Waals surface area contributed by atoms with Crippen LogP contribution < -0.4 is 0 Å². The number of benzene rings is 1. The largest absolute Gasteiger partial charge is 0.480 e. The lowest BCUT2D eigenvalue weighted by Crippen LogP contribution is -2.47. The number of carboxylic acid groups (broad SMARTS) is 1. The highest BCUT2D eigenvalue weighted by Gasteiger charge is 2.42. The molecule has 2 atom stereocenters. The van der Waals surface area contributed by atoms with E-state index in [1.165, 1.54) is 0 Å².